The number of amides is 1. The van der Waals surface area contributed by atoms with Gasteiger partial charge in [-0.05, 0) is 70.1 Å². The maximum atomic E-state index is 10.4. The van der Waals surface area contributed by atoms with Crippen LogP contribution in [0.3, 0.4) is 0 Å². The number of nitrogens with zero attached hydrogens (tertiary/aromatic N) is 4. The lowest BCUT2D eigenvalue weighted by Crippen LogP contribution is -2.47. The molecule has 0 aliphatic carbocycles. The summed E-state index contributed by atoms with van der Waals surface area (Å²) in [5.74, 6) is 0.936. The minimum Gasteiger partial charge on any atom is -0.497 e. The average molecular weight is 499 g/mol. The molecule has 196 valence electrons. The number of carbonyl (C=O) groups is 1. The van der Waals surface area contributed by atoms with Crippen molar-refractivity contribution in [3.8, 4) is 5.75 Å². The van der Waals surface area contributed by atoms with Crippen LogP contribution in [0.4, 0.5) is 0 Å². The van der Waals surface area contributed by atoms with E-state index in [1.807, 2.05) is 23.8 Å². The van der Waals surface area contributed by atoms with Gasteiger partial charge in [0.05, 0.1) is 20.3 Å². The third-order valence-electron chi connectivity index (χ3n) is 5.57. The summed E-state index contributed by atoms with van der Waals surface area (Å²) in [7, 11) is 7.56. The molecule has 3 rings (SSSR count). The summed E-state index contributed by atoms with van der Waals surface area (Å²) in [5, 5.41) is 0. The summed E-state index contributed by atoms with van der Waals surface area (Å²) in [6.07, 6.45) is 0.948. The van der Waals surface area contributed by atoms with Gasteiger partial charge in [0.25, 0.3) is 0 Å². The molecule has 2 aliphatic rings. The molecule has 34 heavy (non-hydrogen) atoms. The molecule has 1 amide bonds. The lowest BCUT2D eigenvalue weighted by molar-refractivity contribution is -0.119. The van der Waals surface area contributed by atoms with Gasteiger partial charge in [0.2, 0.25) is 6.41 Å². The maximum absolute atomic E-state index is 10.4. The molecule has 0 radical (unpaired) electrons. The minimum absolute atomic E-state index is 0.819. The van der Waals surface area contributed by atoms with Gasteiger partial charge in [-0.25, -0.2) is 4.31 Å². The van der Waals surface area contributed by atoms with E-state index in [9.17, 15) is 4.79 Å². The van der Waals surface area contributed by atoms with Crippen LogP contribution in [-0.2, 0) is 14.3 Å². The van der Waals surface area contributed by atoms with E-state index in [1.54, 1.807) is 14.2 Å². The van der Waals surface area contributed by atoms with Crippen molar-refractivity contribution in [1.82, 2.24) is 19.0 Å². The van der Waals surface area contributed by atoms with E-state index in [4.69, 9.17) is 9.47 Å². The van der Waals surface area contributed by atoms with Crippen LogP contribution >= 0.6 is 11.9 Å². The number of likely N-dealkylation sites (N-methyl/N-ethyl adjacent to an activating group) is 1. The summed E-state index contributed by atoms with van der Waals surface area (Å²) in [6.45, 7) is 16.7. The van der Waals surface area contributed by atoms with E-state index in [1.165, 1.54) is 16.0 Å². The van der Waals surface area contributed by atoms with E-state index >= 15 is 0 Å². The highest BCUT2D eigenvalue weighted by molar-refractivity contribution is 7.97. The first kappa shape index (κ1) is 30.7. The van der Waals surface area contributed by atoms with Crippen LogP contribution in [0.1, 0.15) is 18.1 Å². The van der Waals surface area contributed by atoms with Gasteiger partial charge in [0, 0.05) is 71.0 Å². The van der Waals surface area contributed by atoms with E-state index < -0.39 is 0 Å². The van der Waals surface area contributed by atoms with Crippen molar-refractivity contribution in [3.63, 3.8) is 0 Å². The lowest BCUT2D eigenvalue weighted by atomic mass is 10.1. The molecule has 0 spiro atoms. The molecule has 0 atom stereocenters. The van der Waals surface area contributed by atoms with Gasteiger partial charge in [0.15, 0.2) is 0 Å². The van der Waals surface area contributed by atoms with Crippen molar-refractivity contribution >= 4 is 18.4 Å². The fraction of sp³-hybridized carbons (Fsp3) is 0.720. The Morgan fingerprint density at radius 3 is 2.03 bits per heavy atom. The molecule has 0 unspecified atom stereocenters. The Bertz CT molecular complexity index is 654. The first-order valence-corrected chi connectivity index (χ1v) is 12.8. The van der Waals surface area contributed by atoms with Crippen molar-refractivity contribution in [2.45, 2.75) is 25.7 Å². The Morgan fingerprint density at radius 1 is 1.03 bits per heavy atom. The van der Waals surface area contributed by atoms with Crippen molar-refractivity contribution in [2.24, 2.45) is 0 Å². The Hall–Kier alpha value is -1.36. The Balaban J connectivity index is 0.000000302. The molecule has 0 N–H and O–H groups in total. The van der Waals surface area contributed by atoms with Gasteiger partial charge in [-0.1, -0.05) is 0 Å². The van der Waals surface area contributed by atoms with Gasteiger partial charge in [-0.15, -0.1) is 0 Å². The monoisotopic (exact) mass is 498 g/mol. The Labute approximate surface area is 211 Å². The highest BCUT2D eigenvalue weighted by Gasteiger charge is 2.15. The first-order valence-electron chi connectivity index (χ1n) is 12.1. The summed E-state index contributed by atoms with van der Waals surface area (Å²) < 4.78 is 17.5. The summed E-state index contributed by atoms with van der Waals surface area (Å²) >= 11 is 1.83. The van der Waals surface area contributed by atoms with Crippen LogP contribution in [0.25, 0.3) is 0 Å². The zero-order chi connectivity index (χ0) is 25.3. The Kier molecular flexibility index (Phi) is 16.2. The predicted molar refractivity (Wildman–Crippen MR) is 141 cm³/mol. The maximum Gasteiger partial charge on any atom is 0.209 e. The predicted octanol–water partition coefficient (Wildman–Crippen LogP) is 2.63. The number of hydrogen-bond donors (Lipinski definition) is 0. The number of hydrogen-bond acceptors (Lipinski definition) is 8. The van der Waals surface area contributed by atoms with E-state index in [0.717, 1.165) is 84.3 Å². The normalized spacial score (nSPS) is 16.9. The fourth-order valence-corrected chi connectivity index (χ4v) is 4.37. The smallest absolute Gasteiger partial charge is 0.209 e. The number of methoxy groups -OCH3 is 2. The number of ether oxygens (including phenoxy) is 3. The standard InChI is InChI=1S/C13H19NO2S.C9H19N3O.C3H8O/c1-10-8-12(15-3)9-11(2)13(10)17-14-4-6-16-7-5-14;1-10(2)3-4-11-5-7-12(9-13)8-6-11;1-3-4-2/h8-9H,4-7H2,1-3H3;9H,3-8H2,1-2H3;3H2,1-2H3. The summed E-state index contributed by atoms with van der Waals surface area (Å²) in [6, 6.07) is 4.19. The second-order valence-corrected chi connectivity index (χ2v) is 9.69. The van der Waals surface area contributed by atoms with Gasteiger partial charge in [0.1, 0.15) is 5.75 Å². The number of piperazine rings is 1. The van der Waals surface area contributed by atoms with E-state index in [2.05, 4.69) is 58.9 Å². The third kappa shape index (κ3) is 12.4. The summed E-state index contributed by atoms with van der Waals surface area (Å²) in [5.41, 5.74) is 2.55. The minimum atomic E-state index is 0.819. The topological polar surface area (TPSA) is 57.7 Å². The molecule has 2 fully saturated rings. The second kappa shape index (κ2) is 18.0. The molecule has 2 aliphatic heterocycles. The van der Waals surface area contributed by atoms with Crippen molar-refractivity contribution in [1.29, 1.82) is 0 Å². The largest absolute Gasteiger partial charge is 0.497 e. The molecular weight excluding hydrogens is 452 g/mol. The second-order valence-electron chi connectivity index (χ2n) is 8.59. The molecule has 2 saturated heterocycles. The van der Waals surface area contributed by atoms with Crippen molar-refractivity contribution in [3.05, 3.63) is 23.3 Å². The van der Waals surface area contributed by atoms with Gasteiger partial charge in [-0.2, -0.15) is 0 Å². The highest BCUT2D eigenvalue weighted by Crippen LogP contribution is 2.32. The lowest BCUT2D eigenvalue weighted by Gasteiger charge is -2.32. The molecule has 1 aromatic carbocycles. The zero-order valence-electron chi connectivity index (χ0n) is 22.3. The third-order valence-corrected chi connectivity index (χ3v) is 7.02. The molecule has 2 heterocycles. The number of morpholine rings is 1. The molecule has 9 heteroatoms. The van der Waals surface area contributed by atoms with Crippen LogP contribution in [0.2, 0.25) is 0 Å². The van der Waals surface area contributed by atoms with Crippen LogP contribution < -0.4 is 4.74 Å². The molecule has 0 bridgehead atoms. The van der Waals surface area contributed by atoms with Crippen molar-refractivity contribution < 1.29 is 19.0 Å². The molecule has 8 nitrogen and oxygen atoms in total. The van der Waals surface area contributed by atoms with Crippen molar-refractivity contribution in [2.75, 3.05) is 100 Å². The molecule has 0 saturated carbocycles. The van der Waals surface area contributed by atoms with E-state index in [0.29, 0.717) is 0 Å². The van der Waals surface area contributed by atoms with Gasteiger partial charge in [-0.3, -0.25) is 9.69 Å². The number of rotatable bonds is 8. The van der Waals surface area contributed by atoms with Crippen LogP contribution in [0.15, 0.2) is 17.0 Å². The average Bonchev–Trinajstić information content (AvgIpc) is 2.86. The molecule has 0 aromatic heterocycles. The van der Waals surface area contributed by atoms with Crippen LogP contribution in [-0.4, -0.2) is 126 Å². The summed E-state index contributed by atoms with van der Waals surface area (Å²) in [4.78, 5) is 18.2. The van der Waals surface area contributed by atoms with E-state index in [-0.39, 0.29) is 0 Å². The van der Waals surface area contributed by atoms with Crippen LogP contribution in [0, 0.1) is 13.8 Å². The molecular formula is C25H46N4O4S. The SMILES string of the molecule is CCOC.CN(C)CCN1CCN(C=O)CC1.COc1cc(C)c(SN2CCOCC2)c(C)c1. The van der Waals surface area contributed by atoms with Gasteiger partial charge >= 0.3 is 0 Å². The quantitative estimate of drug-likeness (QED) is 0.401. The highest BCUT2D eigenvalue weighted by atomic mass is 32.2. The van der Waals surface area contributed by atoms with Gasteiger partial charge < -0.3 is 24.0 Å². The fourth-order valence-electron chi connectivity index (χ4n) is 3.37. The Morgan fingerprint density at radius 2 is 1.59 bits per heavy atom. The number of aryl methyl sites for hydroxylation is 2. The number of carbonyl (C=O) groups excluding carboxylic acids is 1. The van der Waals surface area contributed by atoms with Crippen LogP contribution in [0.5, 0.6) is 5.75 Å². The zero-order valence-corrected chi connectivity index (χ0v) is 23.2. The first-order chi connectivity index (χ1) is 16.3. The molecule has 1 aromatic rings. The number of benzene rings is 1.